The lowest BCUT2D eigenvalue weighted by atomic mass is 9.80. The minimum atomic E-state index is -0.978. The summed E-state index contributed by atoms with van der Waals surface area (Å²) in [5.41, 5.74) is 6.91. The Morgan fingerprint density at radius 2 is 1.43 bits per heavy atom. The second-order valence-corrected chi connectivity index (χ2v) is 17.3. The fourth-order valence-electron chi connectivity index (χ4n) is 9.29. The molecule has 1 N–H and O–H groups in total. The Labute approximate surface area is 341 Å². The highest BCUT2D eigenvalue weighted by Crippen LogP contribution is 2.47. The first-order valence-corrected chi connectivity index (χ1v) is 20.0. The summed E-state index contributed by atoms with van der Waals surface area (Å²) in [5, 5.41) is 11.9. The smallest absolute Gasteiger partial charge is 0.262 e. The lowest BCUT2D eigenvalue weighted by Crippen LogP contribution is -2.61. The third kappa shape index (κ3) is 6.20. The number of piperidine rings is 1. The lowest BCUT2D eigenvalue weighted by Gasteiger charge is -2.52. The van der Waals surface area contributed by atoms with Gasteiger partial charge in [0.15, 0.2) is 0 Å². The first-order valence-electron chi connectivity index (χ1n) is 19.6. The van der Waals surface area contributed by atoms with Crippen LogP contribution in [0.2, 0.25) is 5.02 Å². The van der Waals surface area contributed by atoms with Gasteiger partial charge in [0.05, 0.1) is 38.5 Å². The molecule has 5 aliphatic heterocycles. The summed E-state index contributed by atoms with van der Waals surface area (Å²) in [6.45, 7) is 12.4. The number of rotatable bonds is 7. The highest BCUT2D eigenvalue weighted by atomic mass is 35.5. The molecule has 3 fully saturated rings. The third-order valence-electron chi connectivity index (χ3n) is 12.5. The fraction of sp³-hybridized carbons (Fsp3) is 0.333. The van der Waals surface area contributed by atoms with Gasteiger partial charge < -0.3 is 9.80 Å². The minimum absolute atomic E-state index is 0.0458. The number of piperazine rings is 1. The zero-order chi connectivity index (χ0) is 40.7. The largest absolute Gasteiger partial charge is 0.370 e. The van der Waals surface area contributed by atoms with Crippen LogP contribution in [0.1, 0.15) is 65.5 Å². The number of amides is 5. The van der Waals surface area contributed by atoms with E-state index in [1.54, 1.807) is 35.2 Å². The summed E-state index contributed by atoms with van der Waals surface area (Å²) < 4.78 is 0. The van der Waals surface area contributed by atoms with Crippen LogP contribution in [0, 0.1) is 16.7 Å². The standard InChI is InChI=1S/C45H42ClN7O5/c1-44(2)35-20-28(7-13-37(35)52(43(44)58)32-10-6-29(23-47)36(46)22-32)27-4-8-30(9-5-27)51-25-45(3,26-51)24-49-16-18-50(19-17-49)31-11-12-33-34(21-31)42(57)53(41(33)56)38-14-15-39(54)48-40(38)55/h4-13,20-22,38H,14-19,24-26H2,1-3H3,(H,48,54,55). The van der Waals surface area contributed by atoms with Crippen LogP contribution in [0.25, 0.3) is 11.1 Å². The van der Waals surface area contributed by atoms with Gasteiger partial charge >= 0.3 is 0 Å². The Kier molecular flexibility index (Phi) is 8.94. The van der Waals surface area contributed by atoms with E-state index < -0.39 is 35.1 Å². The van der Waals surface area contributed by atoms with Crippen molar-refractivity contribution in [3.05, 3.63) is 106 Å². The molecule has 13 heteroatoms. The number of imide groups is 2. The highest BCUT2D eigenvalue weighted by molar-refractivity contribution is 6.32. The van der Waals surface area contributed by atoms with Crippen LogP contribution in [-0.2, 0) is 19.8 Å². The number of carbonyl (C=O) groups is 5. The van der Waals surface area contributed by atoms with Crippen LogP contribution < -0.4 is 20.0 Å². The molecule has 5 heterocycles. The molecule has 0 radical (unpaired) electrons. The number of fused-ring (bicyclic) bond motifs is 2. The van der Waals surface area contributed by atoms with Gasteiger partial charge in [-0.1, -0.05) is 36.7 Å². The maximum atomic E-state index is 13.7. The molecule has 1 atom stereocenters. The maximum Gasteiger partial charge on any atom is 0.262 e. The van der Waals surface area contributed by atoms with E-state index >= 15 is 0 Å². The molecule has 4 aromatic carbocycles. The highest BCUT2D eigenvalue weighted by Gasteiger charge is 2.46. The second-order valence-electron chi connectivity index (χ2n) is 16.9. The molecule has 0 aromatic heterocycles. The molecule has 1 unspecified atom stereocenters. The van der Waals surface area contributed by atoms with E-state index in [1.165, 1.54) is 5.69 Å². The van der Waals surface area contributed by atoms with E-state index in [-0.39, 0.29) is 24.2 Å². The van der Waals surface area contributed by atoms with E-state index in [1.807, 2.05) is 32.0 Å². The summed E-state index contributed by atoms with van der Waals surface area (Å²) in [4.78, 5) is 74.1. The number of nitriles is 1. The molecule has 58 heavy (non-hydrogen) atoms. The van der Waals surface area contributed by atoms with E-state index in [0.717, 1.165) is 78.8 Å². The zero-order valence-electron chi connectivity index (χ0n) is 32.5. The summed E-state index contributed by atoms with van der Waals surface area (Å²) in [6.07, 6.45) is 0.221. The first-order chi connectivity index (χ1) is 27.7. The number of hydrogen-bond acceptors (Lipinski definition) is 9. The molecule has 4 aromatic rings. The van der Waals surface area contributed by atoms with Crippen molar-refractivity contribution in [3.63, 3.8) is 0 Å². The molecule has 0 bridgehead atoms. The van der Waals surface area contributed by atoms with Gasteiger partial charge in [-0.3, -0.25) is 44.0 Å². The Hall–Kier alpha value is -6.03. The molecular formula is C45H42ClN7O5. The molecule has 0 spiro atoms. The topological polar surface area (TPSA) is 137 Å². The summed E-state index contributed by atoms with van der Waals surface area (Å²) in [7, 11) is 0. The molecule has 5 aliphatic rings. The molecule has 12 nitrogen and oxygen atoms in total. The normalized spacial score (nSPS) is 21.2. The van der Waals surface area contributed by atoms with Gasteiger partial charge in [0.1, 0.15) is 12.1 Å². The molecule has 5 amide bonds. The van der Waals surface area contributed by atoms with Gasteiger partial charge in [-0.25, -0.2) is 0 Å². The first kappa shape index (κ1) is 37.5. The maximum absolute atomic E-state index is 13.7. The number of nitrogens with zero attached hydrogens (tertiary/aromatic N) is 6. The third-order valence-corrected chi connectivity index (χ3v) is 12.8. The minimum Gasteiger partial charge on any atom is -0.370 e. The number of benzene rings is 4. The van der Waals surface area contributed by atoms with Crippen molar-refractivity contribution in [1.29, 1.82) is 5.26 Å². The summed E-state index contributed by atoms with van der Waals surface area (Å²) >= 11 is 6.34. The molecule has 3 saturated heterocycles. The van der Waals surface area contributed by atoms with E-state index in [9.17, 15) is 29.2 Å². The quantitative estimate of drug-likeness (QED) is 0.227. The van der Waals surface area contributed by atoms with Gasteiger partial charge in [0, 0.05) is 69.0 Å². The second kappa shape index (κ2) is 13.8. The number of halogens is 1. The van der Waals surface area contributed by atoms with Crippen LogP contribution in [0.4, 0.5) is 22.7 Å². The van der Waals surface area contributed by atoms with Crippen LogP contribution >= 0.6 is 11.6 Å². The van der Waals surface area contributed by atoms with Crippen molar-refractivity contribution < 1.29 is 24.0 Å². The average Bonchev–Trinajstić information content (AvgIpc) is 3.56. The fourth-order valence-corrected chi connectivity index (χ4v) is 9.50. The van der Waals surface area contributed by atoms with Gasteiger partial charge in [-0.15, -0.1) is 0 Å². The van der Waals surface area contributed by atoms with Crippen molar-refractivity contribution in [2.45, 2.75) is 45.1 Å². The summed E-state index contributed by atoms with van der Waals surface area (Å²) in [5.74, 6) is -2.03. The number of anilines is 4. The van der Waals surface area contributed by atoms with Crippen molar-refractivity contribution in [2.75, 3.05) is 60.5 Å². The van der Waals surface area contributed by atoms with Gasteiger partial charge in [-0.05, 0) is 97.6 Å². The molecule has 9 rings (SSSR count). The Morgan fingerprint density at radius 1 is 0.759 bits per heavy atom. The number of nitrogens with one attached hydrogen (secondary N) is 1. The van der Waals surface area contributed by atoms with Crippen LogP contribution in [-0.4, -0.2) is 91.2 Å². The zero-order valence-corrected chi connectivity index (χ0v) is 33.3. The Balaban J connectivity index is 0.802. The molecule has 0 saturated carbocycles. The van der Waals surface area contributed by atoms with E-state index in [2.05, 4.69) is 63.3 Å². The van der Waals surface area contributed by atoms with Crippen molar-refractivity contribution in [1.82, 2.24) is 15.1 Å². The van der Waals surface area contributed by atoms with Crippen LogP contribution in [0.3, 0.4) is 0 Å². The SMILES string of the molecule is CC1(CN2CCN(c3ccc4c(c3)C(=O)N(C3CCC(=O)NC3=O)C4=O)CC2)CN(c2ccc(-c3ccc4c(c3)C(C)(C)C(=O)N4c3ccc(C#N)c(Cl)c3)cc2)C1. The lowest BCUT2D eigenvalue weighted by molar-refractivity contribution is -0.136. The molecular weight excluding hydrogens is 754 g/mol. The van der Waals surface area contributed by atoms with Gasteiger partial charge in [-0.2, -0.15) is 5.26 Å². The van der Waals surface area contributed by atoms with Crippen molar-refractivity contribution in [2.24, 2.45) is 5.41 Å². The molecule has 0 aliphatic carbocycles. The van der Waals surface area contributed by atoms with Crippen molar-refractivity contribution >= 4 is 63.9 Å². The van der Waals surface area contributed by atoms with Crippen LogP contribution in [0.5, 0.6) is 0 Å². The monoisotopic (exact) mass is 795 g/mol. The van der Waals surface area contributed by atoms with E-state index in [4.69, 9.17) is 11.6 Å². The van der Waals surface area contributed by atoms with Gasteiger partial charge in [0.25, 0.3) is 11.8 Å². The van der Waals surface area contributed by atoms with E-state index in [0.29, 0.717) is 27.4 Å². The predicted molar refractivity (Wildman–Crippen MR) is 220 cm³/mol. The summed E-state index contributed by atoms with van der Waals surface area (Å²) in [6, 6.07) is 26.3. The van der Waals surface area contributed by atoms with Gasteiger partial charge in [0.2, 0.25) is 17.7 Å². The Morgan fingerprint density at radius 3 is 2.12 bits per heavy atom. The number of carbonyl (C=O) groups excluding carboxylic acids is 5. The average molecular weight is 796 g/mol. The van der Waals surface area contributed by atoms with Crippen LogP contribution in [0.15, 0.2) is 78.9 Å². The predicted octanol–water partition coefficient (Wildman–Crippen LogP) is 5.88. The van der Waals surface area contributed by atoms with Crippen molar-refractivity contribution in [3.8, 4) is 17.2 Å². The molecule has 294 valence electrons. The Bertz CT molecular complexity index is 2480. The number of hydrogen-bond donors (Lipinski definition) is 1.